The van der Waals surface area contributed by atoms with Crippen LogP contribution in [-0.2, 0) is 21.5 Å². The Morgan fingerprint density at radius 1 is 1.24 bits per heavy atom. The number of aromatic nitrogens is 5. The highest BCUT2D eigenvalue weighted by Crippen LogP contribution is 2.24. The number of H-pyrrole nitrogens is 1. The van der Waals surface area contributed by atoms with E-state index in [1.54, 1.807) is 0 Å². The maximum Gasteiger partial charge on any atom is 0.309 e. The molecule has 0 aliphatic carbocycles. The van der Waals surface area contributed by atoms with Gasteiger partial charge >= 0.3 is 5.97 Å². The molecule has 2 N–H and O–H groups in total. The van der Waals surface area contributed by atoms with Gasteiger partial charge in [0.05, 0.1) is 36.7 Å². The fourth-order valence-electron chi connectivity index (χ4n) is 4.87. The molecule has 1 aromatic carbocycles. The van der Waals surface area contributed by atoms with E-state index in [0.717, 1.165) is 30.4 Å². The van der Waals surface area contributed by atoms with Crippen LogP contribution in [-0.4, -0.2) is 50.9 Å². The smallest absolute Gasteiger partial charge is 0.309 e. The van der Waals surface area contributed by atoms with E-state index in [1.165, 1.54) is 10.5 Å². The van der Waals surface area contributed by atoms with Gasteiger partial charge in [-0.05, 0) is 73.7 Å². The molecule has 0 amide bonds. The zero-order chi connectivity index (χ0) is 24.5. The monoisotopic (exact) mass is 467 g/mol. The number of aryl methyl sites for hydroxylation is 1. The zero-order valence-electron chi connectivity index (χ0n) is 20.7. The van der Waals surface area contributed by atoms with Gasteiger partial charge in [0.1, 0.15) is 0 Å². The van der Waals surface area contributed by atoms with Gasteiger partial charge in [-0.15, -0.1) is 5.10 Å². The number of carbonyl (C=O) groups is 1. The predicted octanol–water partition coefficient (Wildman–Crippen LogP) is 1.78. The lowest BCUT2D eigenvalue weighted by Gasteiger charge is -2.34. The summed E-state index contributed by atoms with van der Waals surface area (Å²) in [7, 11) is 0. The number of pyridine rings is 1. The molecule has 0 unspecified atom stereocenters. The van der Waals surface area contributed by atoms with E-state index in [-0.39, 0.29) is 29.0 Å². The topological polar surface area (TPSA) is 107 Å². The Balaban J connectivity index is 1.79. The van der Waals surface area contributed by atoms with Gasteiger partial charge in [-0.3, -0.25) is 9.59 Å². The molecule has 9 heteroatoms. The number of benzene rings is 1. The molecule has 2 aromatic heterocycles. The summed E-state index contributed by atoms with van der Waals surface area (Å²) in [4.78, 5) is 29.9. The Morgan fingerprint density at radius 2 is 1.97 bits per heavy atom. The van der Waals surface area contributed by atoms with Crippen LogP contribution in [0.3, 0.4) is 0 Å². The van der Waals surface area contributed by atoms with Crippen molar-refractivity contribution in [3.8, 4) is 0 Å². The van der Waals surface area contributed by atoms with Gasteiger partial charge in [-0.25, -0.2) is 4.68 Å². The Hall–Kier alpha value is -3.07. The van der Waals surface area contributed by atoms with Crippen LogP contribution < -0.4 is 10.5 Å². The number of quaternary nitrogens is 1. The van der Waals surface area contributed by atoms with E-state index in [4.69, 9.17) is 4.74 Å². The summed E-state index contributed by atoms with van der Waals surface area (Å²) in [5.41, 5.74) is 2.19. The third kappa shape index (κ3) is 4.75. The molecule has 1 aliphatic rings. The second kappa shape index (κ2) is 9.66. The third-order valence-corrected chi connectivity index (χ3v) is 6.70. The molecule has 0 bridgehead atoms. The van der Waals surface area contributed by atoms with Crippen LogP contribution >= 0.6 is 0 Å². The van der Waals surface area contributed by atoms with Gasteiger partial charge < -0.3 is 14.6 Å². The first-order valence-electron chi connectivity index (χ1n) is 12.2. The van der Waals surface area contributed by atoms with E-state index in [1.807, 2.05) is 50.6 Å². The van der Waals surface area contributed by atoms with Gasteiger partial charge in [0.25, 0.3) is 5.56 Å². The van der Waals surface area contributed by atoms with Crippen molar-refractivity contribution in [1.29, 1.82) is 0 Å². The fourth-order valence-corrected chi connectivity index (χ4v) is 4.87. The Kier molecular flexibility index (Phi) is 6.84. The number of nitrogens with zero attached hydrogens (tertiary/aromatic N) is 4. The minimum atomic E-state index is -0.351. The first-order valence-corrected chi connectivity index (χ1v) is 12.2. The molecule has 34 heavy (non-hydrogen) atoms. The highest BCUT2D eigenvalue weighted by Gasteiger charge is 2.39. The van der Waals surface area contributed by atoms with Crippen molar-refractivity contribution in [2.45, 2.75) is 65.5 Å². The van der Waals surface area contributed by atoms with Crippen molar-refractivity contribution in [3.63, 3.8) is 0 Å². The van der Waals surface area contributed by atoms with Crippen LogP contribution in [0, 0.1) is 5.92 Å². The third-order valence-electron chi connectivity index (χ3n) is 6.70. The van der Waals surface area contributed by atoms with Crippen LogP contribution in [0.15, 0.2) is 29.1 Å². The molecule has 4 rings (SSSR count). The molecular formula is C25H35N6O3+. The minimum absolute atomic E-state index is 0.107. The number of likely N-dealkylation sites (tertiary alicyclic amines) is 1. The zero-order valence-corrected chi connectivity index (χ0v) is 20.7. The van der Waals surface area contributed by atoms with Gasteiger partial charge in [-0.2, -0.15) is 0 Å². The molecule has 3 aromatic rings. The van der Waals surface area contributed by atoms with Crippen molar-refractivity contribution in [1.82, 2.24) is 25.2 Å². The summed E-state index contributed by atoms with van der Waals surface area (Å²) in [5.74, 6) is 0.423. The van der Waals surface area contributed by atoms with Gasteiger partial charge in [0.15, 0.2) is 6.04 Å². The van der Waals surface area contributed by atoms with Gasteiger partial charge in [-0.1, -0.05) is 13.0 Å². The van der Waals surface area contributed by atoms with E-state index in [2.05, 4.69) is 33.5 Å². The number of tetrazole rings is 1. The Bertz CT molecular complexity index is 1220. The molecule has 182 valence electrons. The molecule has 0 spiro atoms. The average molecular weight is 468 g/mol. The number of piperidine rings is 1. The van der Waals surface area contributed by atoms with Crippen LogP contribution in [0.2, 0.25) is 0 Å². The Morgan fingerprint density at radius 3 is 2.62 bits per heavy atom. The Labute approximate surface area is 199 Å². The standard InChI is InChI=1S/C25H34N6O3/c1-6-16-8-9-20-18(14-16)15-19(23(32)26-20)21(22-27-28-29-31(22)25(3,4)5)30-12-10-17(11-13-30)24(33)34-7-2/h8-9,14-15,17,21H,6-7,10-13H2,1-5H3,(H,26,32)/p+1/t21-/m0/s1. The number of nitrogens with one attached hydrogen (secondary N) is 2. The summed E-state index contributed by atoms with van der Waals surface area (Å²) < 4.78 is 7.06. The normalized spacial score (nSPS) is 19.8. The van der Waals surface area contributed by atoms with Gasteiger partial charge in [0, 0.05) is 18.4 Å². The molecule has 1 fully saturated rings. The maximum absolute atomic E-state index is 13.4. The van der Waals surface area contributed by atoms with Gasteiger partial charge in [0.2, 0.25) is 5.82 Å². The molecule has 0 radical (unpaired) electrons. The highest BCUT2D eigenvalue weighted by atomic mass is 16.5. The lowest BCUT2D eigenvalue weighted by atomic mass is 9.93. The molecule has 1 atom stereocenters. The van der Waals surface area contributed by atoms with Crippen LogP contribution in [0.1, 0.15) is 70.5 Å². The van der Waals surface area contributed by atoms with E-state index in [0.29, 0.717) is 30.8 Å². The first kappa shape index (κ1) is 24.1. The number of ether oxygens (including phenoxy) is 1. The van der Waals surface area contributed by atoms with Crippen LogP contribution in [0.5, 0.6) is 0 Å². The van der Waals surface area contributed by atoms with Crippen LogP contribution in [0.4, 0.5) is 0 Å². The number of esters is 1. The van der Waals surface area contributed by atoms with Crippen molar-refractivity contribution in [2.75, 3.05) is 19.7 Å². The average Bonchev–Trinajstić information content (AvgIpc) is 3.30. The van der Waals surface area contributed by atoms with E-state index >= 15 is 0 Å². The van der Waals surface area contributed by atoms with Crippen molar-refractivity contribution in [3.05, 3.63) is 51.6 Å². The molecule has 9 nitrogen and oxygen atoms in total. The molecule has 1 saturated heterocycles. The fraction of sp³-hybridized carbons (Fsp3) is 0.560. The summed E-state index contributed by atoms with van der Waals surface area (Å²) in [6, 6.07) is 7.77. The summed E-state index contributed by atoms with van der Waals surface area (Å²) in [6.45, 7) is 11.9. The lowest BCUT2D eigenvalue weighted by Crippen LogP contribution is -3.13. The highest BCUT2D eigenvalue weighted by molar-refractivity contribution is 5.80. The first-order chi connectivity index (χ1) is 16.2. The number of hydrogen-bond acceptors (Lipinski definition) is 6. The number of fused-ring (bicyclic) bond motifs is 1. The maximum atomic E-state index is 13.4. The quantitative estimate of drug-likeness (QED) is 0.535. The van der Waals surface area contributed by atoms with E-state index in [9.17, 15) is 9.59 Å². The minimum Gasteiger partial charge on any atom is -0.466 e. The number of rotatable bonds is 6. The number of aromatic amines is 1. The van der Waals surface area contributed by atoms with Crippen LogP contribution in [0.25, 0.3) is 10.9 Å². The summed E-state index contributed by atoms with van der Waals surface area (Å²) in [5, 5.41) is 13.7. The summed E-state index contributed by atoms with van der Waals surface area (Å²) >= 11 is 0. The second-order valence-electron chi connectivity index (χ2n) is 10.1. The second-order valence-corrected chi connectivity index (χ2v) is 10.1. The SMILES string of the molecule is CCOC(=O)C1CC[NH+]([C@@H](c2cc3cc(CC)ccc3[nH]c2=O)c2nnnn2C(C)(C)C)CC1. The number of hydrogen-bond donors (Lipinski definition) is 2. The molecular weight excluding hydrogens is 432 g/mol. The largest absolute Gasteiger partial charge is 0.466 e. The summed E-state index contributed by atoms with van der Waals surface area (Å²) in [6.07, 6.45) is 2.32. The van der Waals surface area contributed by atoms with E-state index < -0.39 is 0 Å². The number of carbonyl (C=O) groups excluding carboxylic acids is 1. The molecule has 1 aliphatic heterocycles. The van der Waals surface area contributed by atoms with Crippen molar-refractivity contribution in [2.24, 2.45) is 5.92 Å². The van der Waals surface area contributed by atoms with Crippen molar-refractivity contribution < 1.29 is 14.4 Å². The predicted molar refractivity (Wildman–Crippen MR) is 129 cm³/mol. The molecule has 0 saturated carbocycles. The van der Waals surface area contributed by atoms with Crippen molar-refractivity contribution >= 4 is 16.9 Å². The lowest BCUT2D eigenvalue weighted by molar-refractivity contribution is -0.932. The molecule has 3 heterocycles.